The van der Waals surface area contributed by atoms with Crippen LogP contribution in [0.5, 0.6) is 0 Å². The maximum atomic E-state index is 11.6. The molecular weight excluding hydrogens is 198 g/mol. The molecular formula is C10H9NO2S. The van der Waals surface area contributed by atoms with Crippen LogP contribution in [-0.4, -0.2) is 23.0 Å². The van der Waals surface area contributed by atoms with Crippen LogP contribution in [0.4, 0.5) is 0 Å². The van der Waals surface area contributed by atoms with Crippen molar-refractivity contribution in [1.82, 2.24) is 4.90 Å². The molecule has 1 heterocycles. The largest absolute Gasteiger partial charge is 0.452 e. The second-order valence-corrected chi connectivity index (χ2v) is 3.42. The molecule has 1 aliphatic rings. The zero-order valence-electron chi connectivity index (χ0n) is 7.64. The van der Waals surface area contributed by atoms with Gasteiger partial charge in [0, 0.05) is 12.6 Å². The predicted molar refractivity (Wildman–Crippen MR) is 55.6 cm³/mol. The summed E-state index contributed by atoms with van der Waals surface area (Å²) in [6.45, 7) is 0. The maximum absolute atomic E-state index is 11.6. The van der Waals surface area contributed by atoms with Gasteiger partial charge in [0.25, 0.3) is 11.1 Å². The number of carbonyl (C=O) groups is 1. The van der Waals surface area contributed by atoms with Gasteiger partial charge >= 0.3 is 0 Å². The van der Waals surface area contributed by atoms with Gasteiger partial charge in [-0.2, -0.15) is 0 Å². The smallest absolute Gasteiger partial charge is 0.275 e. The van der Waals surface area contributed by atoms with Crippen molar-refractivity contribution in [2.45, 2.75) is 6.10 Å². The molecule has 0 aromatic heterocycles. The molecule has 1 fully saturated rings. The van der Waals surface area contributed by atoms with Gasteiger partial charge in [0.15, 0.2) is 0 Å². The Morgan fingerprint density at radius 1 is 1.36 bits per heavy atom. The number of hydrogen-bond acceptors (Lipinski definition) is 3. The van der Waals surface area contributed by atoms with E-state index in [0.717, 1.165) is 5.56 Å². The van der Waals surface area contributed by atoms with Crippen molar-refractivity contribution in [2.75, 3.05) is 7.05 Å². The second-order valence-electron chi connectivity index (χ2n) is 3.07. The highest BCUT2D eigenvalue weighted by molar-refractivity contribution is 7.80. The van der Waals surface area contributed by atoms with E-state index in [4.69, 9.17) is 17.0 Å². The molecule has 72 valence electrons. The number of likely N-dealkylation sites (N-methyl/N-ethyl adjacent to an activating group) is 1. The van der Waals surface area contributed by atoms with Gasteiger partial charge < -0.3 is 4.74 Å². The Morgan fingerprint density at radius 3 is 2.50 bits per heavy atom. The van der Waals surface area contributed by atoms with Gasteiger partial charge in [0.05, 0.1) is 0 Å². The van der Waals surface area contributed by atoms with E-state index < -0.39 is 6.10 Å². The summed E-state index contributed by atoms with van der Waals surface area (Å²) in [5.41, 5.74) is 0.837. The average Bonchev–Trinajstić information content (AvgIpc) is 2.47. The van der Waals surface area contributed by atoms with Gasteiger partial charge in [-0.05, 0) is 12.2 Å². The molecule has 14 heavy (non-hydrogen) atoms. The molecule has 1 aliphatic heterocycles. The number of hydrogen-bond donors (Lipinski definition) is 0. The van der Waals surface area contributed by atoms with E-state index in [9.17, 15) is 4.79 Å². The zero-order chi connectivity index (χ0) is 10.1. The van der Waals surface area contributed by atoms with Crippen molar-refractivity contribution in [2.24, 2.45) is 0 Å². The first-order chi connectivity index (χ1) is 6.70. The van der Waals surface area contributed by atoms with Gasteiger partial charge in [-0.3, -0.25) is 9.69 Å². The number of benzene rings is 1. The highest BCUT2D eigenvalue weighted by atomic mass is 32.1. The van der Waals surface area contributed by atoms with Crippen LogP contribution in [0.3, 0.4) is 0 Å². The van der Waals surface area contributed by atoms with Crippen molar-refractivity contribution < 1.29 is 9.53 Å². The number of amides is 1. The van der Waals surface area contributed by atoms with Crippen LogP contribution in [0, 0.1) is 0 Å². The first-order valence-electron chi connectivity index (χ1n) is 4.23. The van der Waals surface area contributed by atoms with E-state index in [1.807, 2.05) is 30.3 Å². The molecule has 0 spiro atoms. The quantitative estimate of drug-likeness (QED) is 0.654. The lowest BCUT2D eigenvalue weighted by Crippen LogP contribution is -2.24. The van der Waals surface area contributed by atoms with Gasteiger partial charge in [-0.15, -0.1) is 0 Å². The molecule has 4 heteroatoms. The number of ether oxygens (including phenoxy) is 1. The minimum atomic E-state index is -0.561. The van der Waals surface area contributed by atoms with Crippen LogP contribution in [-0.2, 0) is 9.53 Å². The Bertz CT molecular complexity index is 377. The molecule has 1 amide bonds. The van der Waals surface area contributed by atoms with Gasteiger partial charge in [0.2, 0.25) is 6.10 Å². The number of nitrogens with zero attached hydrogens (tertiary/aromatic N) is 1. The average molecular weight is 207 g/mol. The zero-order valence-corrected chi connectivity index (χ0v) is 8.45. The Hall–Kier alpha value is -1.42. The summed E-state index contributed by atoms with van der Waals surface area (Å²) in [5, 5.41) is 0.240. The van der Waals surface area contributed by atoms with Gasteiger partial charge in [0.1, 0.15) is 0 Å². The molecule has 0 saturated carbocycles. The summed E-state index contributed by atoms with van der Waals surface area (Å²) in [6.07, 6.45) is -0.561. The Balaban J connectivity index is 2.30. The van der Waals surface area contributed by atoms with Crippen molar-refractivity contribution in [3.05, 3.63) is 35.9 Å². The normalized spacial score (nSPS) is 21.2. The lowest BCUT2D eigenvalue weighted by Gasteiger charge is -2.06. The summed E-state index contributed by atoms with van der Waals surface area (Å²) in [5.74, 6) is -0.110. The Morgan fingerprint density at radius 2 is 2.00 bits per heavy atom. The number of thiocarbonyl (C=S) groups is 1. The third-order valence-electron chi connectivity index (χ3n) is 2.15. The summed E-state index contributed by atoms with van der Waals surface area (Å²) in [7, 11) is 1.62. The fourth-order valence-electron chi connectivity index (χ4n) is 1.33. The lowest BCUT2D eigenvalue weighted by molar-refractivity contribution is -0.129. The predicted octanol–water partition coefficient (Wildman–Crippen LogP) is 1.50. The topological polar surface area (TPSA) is 29.5 Å². The molecule has 1 unspecified atom stereocenters. The molecule has 1 aromatic rings. The Labute approximate surface area is 87.3 Å². The molecule has 1 atom stereocenters. The molecule has 0 N–H and O–H groups in total. The summed E-state index contributed by atoms with van der Waals surface area (Å²) in [4.78, 5) is 13.0. The third kappa shape index (κ3) is 1.37. The second kappa shape index (κ2) is 3.38. The summed E-state index contributed by atoms with van der Waals surface area (Å²) < 4.78 is 5.28. The van der Waals surface area contributed by atoms with Crippen LogP contribution in [0.1, 0.15) is 11.7 Å². The van der Waals surface area contributed by atoms with Crippen LogP contribution < -0.4 is 0 Å². The van der Waals surface area contributed by atoms with Crippen LogP contribution >= 0.6 is 12.2 Å². The SMILES string of the molecule is CN1C(=O)C(c2ccccc2)OC1=S. The highest BCUT2D eigenvalue weighted by Crippen LogP contribution is 2.26. The number of carbonyl (C=O) groups excluding carboxylic acids is 1. The monoisotopic (exact) mass is 207 g/mol. The summed E-state index contributed by atoms with van der Waals surface area (Å²) >= 11 is 4.88. The van der Waals surface area contributed by atoms with Gasteiger partial charge in [-0.25, -0.2) is 0 Å². The highest BCUT2D eigenvalue weighted by Gasteiger charge is 2.36. The van der Waals surface area contributed by atoms with E-state index in [-0.39, 0.29) is 11.1 Å². The number of rotatable bonds is 1. The van der Waals surface area contributed by atoms with Crippen molar-refractivity contribution in [3.8, 4) is 0 Å². The van der Waals surface area contributed by atoms with E-state index in [2.05, 4.69) is 0 Å². The molecule has 0 aliphatic carbocycles. The van der Waals surface area contributed by atoms with Crippen LogP contribution in [0.15, 0.2) is 30.3 Å². The molecule has 0 radical (unpaired) electrons. The van der Waals surface area contributed by atoms with E-state index in [0.29, 0.717) is 0 Å². The maximum Gasteiger partial charge on any atom is 0.275 e. The molecule has 1 aromatic carbocycles. The van der Waals surface area contributed by atoms with E-state index in [1.165, 1.54) is 4.90 Å². The fourth-order valence-corrected chi connectivity index (χ4v) is 1.52. The van der Waals surface area contributed by atoms with Crippen molar-refractivity contribution in [3.63, 3.8) is 0 Å². The molecule has 2 rings (SSSR count). The van der Waals surface area contributed by atoms with Crippen molar-refractivity contribution >= 4 is 23.3 Å². The lowest BCUT2D eigenvalue weighted by atomic mass is 10.1. The van der Waals surface area contributed by atoms with Crippen LogP contribution in [0.2, 0.25) is 0 Å². The van der Waals surface area contributed by atoms with Crippen molar-refractivity contribution in [1.29, 1.82) is 0 Å². The summed E-state index contributed by atoms with van der Waals surface area (Å²) in [6, 6.07) is 9.33. The standard InChI is InChI=1S/C10H9NO2S/c1-11-9(12)8(13-10(11)14)7-5-3-2-4-6-7/h2-6,8H,1H3. The minimum Gasteiger partial charge on any atom is -0.452 e. The molecule has 1 saturated heterocycles. The third-order valence-corrected chi connectivity index (χ3v) is 2.52. The first kappa shape index (κ1) is 9.15. The first-order valence-corrected chi connectivity index (χ1v) is 4.64. The van der Waals surface area contributed by atoms with E-state index >= 15 is 0 Å². The molecule has 0 bridgehead atoms. The Kier molecular flexibility index (Phi) is 2.21. The minimum absolute atomic E-state index is 0.110. The van der Waals surface area contributed by atoms with Gasteiger partial charge in [-0.1, -0.05) is 30.3 Å². The van der Waals surface area contributed by atoms with Crippen LogP contribution in [0.25, 0.3) is 0 Å². The fraction of sp³-hybridized carbons (Fsp3) is 0.200. The van der Waals surface area contributed by atoms with E-state index in [1.54, 1.807) is 7.05 Å². The molecule has 3 nitrogen and oxygen atoms in total.